The third-order valence-corrected chi connectivity index (χ3v) is 3.25. The Morgan fingerprint density at radius 2 is 2.10 bits per heavy atom. The second kappa shape index (κ2) is 6.54. The van der Waals surface area contributed by atoms with Gasteiger partial charge in [-0.2, -0.15) is 0 Å². The number of benzene rings is 1. The van der Waals surface area contributed by atoms with Gasteiger partial charge in [-0.1, -0.05) is 11.6 Å². The first kappa shape index (κ1) is 15.3. The first-order valence-corrected chi connectivity index (χ1v) is 6.90. The Bertz CT molecular complexity index is 631. The highest BCUT2D eigenvalue weighted by Crippen LogP contribution is 2.25. The van der Waals surface area contributed by atoms with Crippen LogP contribution in [-0.2, 0) is 0 Å². The minimum absolute atomic E-state index is 0.0829. The summed E-state index contributed by atoms with van der Waals surface area (Å²) in [7, 11) is 3.43. The van der Waals surface area contributed by atoms with Crippen LogP contribution in [0.2, 0.25) is 5.02 Å². The van der Waals surface area contributed by atoms with E-state index < -0.39 is 0 Å². The summed E-state index contributed by atoms with van der Waals surface area (Å²) in [5.41, 5.74) is 2.04. The van der Waals surface area contributed by atoms with Crippen molar-refractivity contribution in [3.8, 4) is 0 Å². The van der Waals surface area contributed by atoms with Gasteiger partial charge in [-0.3, -0.25) is 14.8 Å². The van der Waals surface area contributed by atoms with Gasteiger partial charge in [0.1, 0.15) is 0 Å². The van der Waals surface area contributed by atoms with Crippen LogP contribution >= 0.6 is 11.6 Å². The van der Waals surface area contributed by atoms with Gasteiger partial charge in [-0.05, 0) is 25.1 Å². The third kappa shape index (κ3) is 3.70. The molecule has 110 valence electrons. The second-order valence-corrected chi connectivity index (χ2v) is 5.32. The van der Waals surface area contributed by atoms with E-state index in [-0.39, 0.29) is 11.9 Å². The largest absolute Gasteiger partial charge is 0.376 e. The van der Waals surface area contributed by atoms with Gasteiger partial charge in [0.25, 0.3) is 5.91 Å². The van der Waals surface area contributed by atoms with Crippen LogP contribution in [0.5, 0.6) is 0 Å². The van der Waals surface area contributed by atoms with Crippen LogP contribution in [-0.4, -0.2) is 34.9 Å². The minimum atomic E-state index is -0.0918. The highest BCUT2D eigenvalue weighted by molar-refractivity contribution is 6.31. The van der Waals surface area contributed by atoms with Crippen LogP contribution < -0.4 is 5.32 Å². The van der Waals surface area contributed by atoms with E-state index in [0.717, 1.165) is 5.69 Å². The number of carbonyl (C=O) groups excluding carboxylic acids is 1. The normalized spacial score (nSPS) is 11.8. The van der Waals surface area contributed by atoms with Gasteiger partial charge >= 0.3 is 0 Å². The van der Waals surface area contributed by atoms with E-state index >= 15 is 0 Å². The van der Waals surface area contributed by atoms with Crippen molar-refractivity contribution in [1.82, 2.24) is 14.9 Å². The number of halogens is 1. The number of nitrogens with zero attached hydrogens (tertiary/aromatic N) is 3. The predicted octanol–water partition coefficient (Wildman–Crippen LogP) is 3.00. The van der Waals surface area contributed by atoms with E-state index in [0.29, 0.717) is 16.3 Å². The topological polar surface area (TPSA) is 58.1 Å². The summed E-state index contributed by atoms with van der Waals surface area (Å²) in [5, 5.41) is 3.84. The maximum atomic E-state index is 12.2. The highest BCUT2D eigenvalue weighted by atomic mass is 35.5. The number of carbonyl (C=O) groups is 1. The standard InChI is InChI=1S/C15H17ClN4O/c1-10(14-9-17-6-7-18-14)19-13-8-11(16)4-5-12(13)15(21)20(2)3/h4-10,19H,1-3H3. The molecule has 1 unspecified atom stereocenters. The second-order valence-electron chi connectivity index (χ2n) is 4.89. The van der Waals surface area contributed by atoms with Crippen molar-refractivity contribution >= 4 is 23.2 Å². The van der Waals surface area contributed by atoms with Gasteiger partial charge in [0.05, 0.1) is 23.5 Å². The molecular formula is C15H17ClN4O. The third-order valence-electron chi connectivity index (χ3n) is 3.02. The van der Waals surface area contributed by atoms with E-state index in [1.807, 2.05) is 6.92 Å². The van der Waals surface area contributed by atoms with E-state index in [1.54, 1.807) is 50.9 Å². The van der Waals surface area contributed by atoms with Crippen LogP contribution in [0.15, 0.2) is 36.8 Å². The van der Waals surface area contributed by atoms with Gasteiger partial charge in [0.15, 0.2) is 0 Å². The van der Waals surface area contributed by atoms with Crippen molar-refractivity contribution in [2.75, 3.05) is 19.4 Å². The van der Waals surface area contributed by atoms with E-state index in [4.69, 9.17) is 11.6 Å². The SMILES string of the molecule is CC(Nc1cc(Cl)ccc1C(=O)N(C)C)c1cnccn1. The van der Waals surface area contributed by atoms with Crippen molar-refractivity contribution in [3.05, 3.63) is 53.1 Å². The van der Waals surface area contributed by atoms with Gasteiger partial charge in [0, 0.05) is 37.2 Å². The fourth-order valence-corrected chi connectivity index (χ4v) is 2.08. The molecule has 2 aromatic rings. The van der Waals surface area contributed by atoms with Crippen molar-refractivity contribution < 1.29 is 4.79 Å². The fraction of sp³-hybridized carbons (Fsp3) is 0.267. The Kier molecular flexibility index (Phi) is 4.75. The number of amides is 1. The molecule has 0 spiro atoms. The van der Waals surface area contributed by atoms with E-state index in [2.05, 4.69) is 15.3 Å². The first-order valence-electron chi connectivity index (χ1n) is 6.52. The molecule has 0 bridgehead atoms. The van der Waals surface area contributed by atoms with Crippen LogP contribution in [0.4, 0.5) is 5.69 Å². The van der Waals surface area contributed by atoms with Crippen molar-refractivity contribution in [2.24, 2.45) is 0 Å². The maximum Gasteiger partial charge on any atom is 0.255 e. The van der Waals surface area contributed by atoms with Gasteiger partial charge in [-0.15, -0.1) is 0 Å². The lowest BCUT2D eigenvalue weighted by Crippen LogP contribution is -2.23. The number of anilines is 1. The summed E-state index contributed by atoms with van der Waals surface area (Å²) in [6, 6.07) is 5.07. The quantitative estimate of drug-likeness (QED) is 0.943. The van der Waals surface area contributed by atoms with E-state index in [1.165, 1.54) is 4.90 Å². The summed E-state index contributed by atoms with van der Waals surface area (Å²) in [5.74, 6) is -0.0829. The summed E-state index contributed by atoms with van der Waals surface area (Å²) >= 11 is 6.04. The Morgan fingerprint density at radius 1 is 1.33 bits per heavy atom. The molecule has 1 aromatic carbocycles. The van der Waals surface area contributed by atoms with Gasteiger partial charge in [0.2, 0.25) is 0 Å². The van der Waals surface area contributed by atoms with Crippen LogP contribution in [0, 0.1) is 0 Å². The van der Waals surface area contributed by atoms with Gasteiger partial charge < -0.3 is 10.2 Å². The molecule has 0 radical (unpaired) electrons. The number of rotatable bonds is 4. The molecule has 0 saturated heterocycles. The monoisotopic (exact) mass is 304 g/mol. The first-order chi connectivity index (χ1) is 9.99. The molecule has 5 nitrogen and oxygen atoms in total. The van der Waals surface area contributed by atoms with Crippen molar-refractivity contribution in [1.29, 1.82) is 0 Å². The molecule has 21 heavy (non-hydrogen) atoms. The lowest BCUT2D eigenvalue weighted by atomic mass is 10.1. The Balaban J connectivity index is 2.30. The number of nitrogens with one attached hydrogen (secondary N) is 1. The van der Waals surface area contributed by atoms with E-state index in [9.17, 15) is 4.79 Å². The summed E-state index contributed by atoms with van der Waals surface area (Å²) in [6.45, 7) is 1.95. The zero-order valence-electron chi connectivity index (χ0n) is 12.2. The number of hydrogen-bond acceptors (Lipinski definition) is 4. The summed E-state index contributed by atoms with van der Waals surface area (Å²) in [6.07, 6.45) is 4.95. The Morgan fingerprint density at radius 3 is 2.71 bits per heavy atom. The highest BCUT2D eigenvalue weighted by Gasteiger charge is 2.16. The van der Waals surface area contributed by atoms with Crippen molar-refractivity contribution in [3.63, 3.8) is 0 Å². The van der Waals surface area contributed by atoms with Gasteiger partial charge in [-0.25, -0.2) is 0 Å². The average molecular weight is 305 g/mol. The molecule has 2 rings (SSSR count). The average Bonchev–Trinajstić information content (AvgIpc) is 2.47. The Hall–Kier alpha value is -2.14. The molecule has 1 amide bonds. The molecule has 1 atom stereocenters. The molecule has 1 N–H and O–H groups in total. The van der Waals surface area contributed by atoms with Crippen LogP contribution in [0.25, 0.3) is 0 Å². The molecule has 0 aliphatic carbocycles. The maximum absolute atomic E-state index is 12.2. The molecule has 1 aromatic heterocycles. The lowest BCUT2D eigenvalue weighted by Gasteiger charge is -2.19. The summed E-state index contributed by atoms with van der Waals surface area (Å²) < 4.78 is 0. The molecule has 6 heteroatoms. The zero-order chi connectivity index (χ0) is 15.4. The van der Waals surface area contributed by atoms with Crippen LogP contribution in [0.3, 0.4) is 0 Å². The molecule has 0 aliphatic heterocycles. The molecule has 0 saturated carbocycles. The lowest BCUT2D eigenvalue weighted by molar-refractivity contribution is 0.0828. The Labute approximate surface area is 129 Å². The molecule has 1 heterocycles. The zero-order valence-corrected chi connectivity index (χ0v) is 12.9. The van der Waals surface area contributed by atoms with Crippen molar-refractivity contribution in [2.45, 2.75) is 13.0 Å². The molecular weight excluding hydrogens is 288 g/mol. The smallest absolute Gasteiger partial charge is 0.255 e. The number of aromatic nitrogens is 2. The minimum Gasteiger partial charge on any atom is -0.376 e. The summed E-state index contributed by atoms with van der Waals surface area (Å²) in [4.78, 5) is 22.0. The molecule has 0 fully saturated rings. The molecule has 0 aliphatic rings. The number of hydrogen-bond donors (Lipinski definition) is 1. The van der Waals surface area contributed by atoms with Crippen LogP contribution in [0.1, 0.15) is 29.0 Å². The fourth-order valence-electron chi connectivity index (χ4n) is 1.90. The predicted molar refractivity (Wildman–Crippen MR) is 83.5 cm³/mol.